The molecular weight excluding hydrogens is 288 g/mol. The van der Waals surface area contributed by atoms with Gasteiger partial charge in [0.15, 0.2) is 0 Å². The minimum absolute atomic E-state index is 0.0806. The van der Waals surface area contributed by atoms with Gasteiger partial charge in [0.2, 0.25) is 5.91 Å². The first kappa shape index (κ1) is 15.6. The summed E-state index contributed by atoms with van der Waals surface area (Å²) in [6.45, 7) is 2.50. The molecule has 0 saturated carbocycles. The lowest BCUT2D eigenvalue weighted by molar-refractivity contribution is -0.117. The molecule has 1 aromatic rings. The number of methoxy groups -OCH3 is 1. The van der Waals surface area contributed by atoms with Gasteiger partial charge in [-0.1, -0.05) is 6.07 Å². The predicted octanol–water partition coefficient (Wildman–Crippen LogP) is 1.51. The van der Waals surface area contributed by atoms with E-state index in [1.54, 1.807) is 17.0 Å². The zero-order valence-electron chi connectivity index (χ0n) is 12.4. The molecule has 0 spiro atoms. The van der Waals surface area contributed by atoms with Crippen LogP contribution in [0.5, 0.6) is 0 Å². The maximum atomic E-state index is 11.8. The van der Waals surface area contributed by atoms with E-state index in [4.69, 9.17) is 0 Å². The van der Waals surface area contributed by atoms with Gasteiger partial charge in [0.05, 0.1) is 7.11 Å². The van der Waals surface area contributed by atoms with Crippen LogP contribution in [0.25, 0.3) is 0 Å². The van der Waals surface area contributed by atoms with Gasteiger partial charge in [-0.3, -0.25) is 4.79 Å². The maximum absolute atomic E-state index is 11.8. The maximum Gasteiger partial charge on any atom is 0.425 e. The zero-order valence-corrected chi connectivity index (χ0v) is 12.4. The molecule has 0 bridgehead atoms. The van der Waals surface area contributed by atoms with E-state index in [0.717, 1.165) is 17.7 Å². The van der Waals surface area contributed by atoms with E-state index in [0.29, 0.717) is 18.7 Å². The van der Waals surface area contributed by atoms with E-state index < -0.39 is 12.1 Å². The van der Waals surface area contributed by atoms with Gasteiger partial charge in [-0.15, -0.1) is 0 Å². The SMILES string of the molecule is COC(=O)NNC(=O)Nc1cccc(N2CCCC2=O)c1C. The van der Waals surface area contributed by atoms with Crippen LogP contribution in [0.1, 0.15) is 18.4 Å². The third-order valence-electron chi connectivity index (χ3n) is 3.38. The first-order valence-electron chi connectivity index (χ1n) is 6.84. The van der Waals surface area contributed by atoms with Crippen LogP contribution >= 0.6 is 0 Å². The molecule has 0 radical (unpaired) electrons. The first-order valence-corrected chi connectivity index (χ1v) is 6.84. The van der Waals surface area contributed by atoms with Crippen molar-refractivity contribution in [2.75, 3.05) is 23.9 Å². The van der Waals surface area contributed by atoms with Crippen LogP contribution in [-0.2, 0) is 9.53 Å². The molecule has 1 aromatic carbocycles. The fourth-order valence-corrected chi connectivity index (χ4v) is 2.27. The average molecular weight is 306 g/mol. The molecule has 1 fully saturated rings. The molecule has 1 aliphatic heterocycles. The number of benzene rings is 1. The summed E-state index contributed by atoms with van der Waals surface area (Å²) in [5, 5.41) is 2.61. The summed E-state index contributed by atoms with van der Waals surface area (Å²) in [5.41, 5.74) is 6.33. The van der Waals surface area contributed by atoms with Gasteiger partial charge in [0.1, 0.15) is 0 Å². The summed E-state index contributed by atoms with van der Waals surface area (Å²) in [6, 6.07) is 4.71. The molecular formula is C14H18N4O4. The Morgan fingerprint density at radius 1 is 1.27 bits per heavy atom. The van der Waals surface area contributed by atoms with Crippen molar-refractivity contribution in [1.29, 1.82) is 0 Å². The molecule has 8 heteroatoms. The van der Waals surface area contributed by atoms with Crippen molar-refractivity contribution in [2.45, 2.75) is 19.8 Å². The number of carbonyl (C=O) groups is 3. The number of hydrazine groups is 1. The van der Waals surface area contributed by atoms with Crippen molar-refractivity contribution in [3.05, 3.63) is 23.8 Å². The number of anilines is 2. The molecule has 0 aromatic heterocycles. The standard InChI is InChI=1S/C14H18N4O4/c1-9-10(15-13(20)16-17-14(21)22-2)5-3-6-11(9)18-8-4-7-12(18)19/h3,5-6H,4,7-8H2,1-2H3,(H,17,21)(H2,15,16,20). The molecule has 22 heavy (non-hydrogen) atoms. The van der Waals surface area contributed by atoms with Gasteiger partial charge < -0.3 is 15.0 Å². The first-order chi connectivity index (χ1) is 10.5. The van der Waals surface area contributed by atoms with E-state index in [1.165, 1.54) is 7.11 Å². The van der Waals surface area contributed by atoms with Gasteiger partial charge in [0, 0.05) is 24.3 Å². The number of rotatable bonds is 2. The highest BCUT2D eigenvalue weighted by molar-refractivity contribution is 5.98. The number of hydrogen-bond acceptors (Lipinski definition) is 4. The van der Waals surface area contributed by atoms with Crippen molar-refractivity contribution in [2.24, 2.45) is 0 Å². The summed E-state index contributed by atoms with van der Waals surface area (Å²) < 4.78 is 4.34. The number of ether oxygens (including phenoxy) is 1. The van der Waals surface area contributed by atoms with Gasteiger partial charge in [-0.2, -0.15) is 0 Å². The molecule has 1 saturated heterocycles. The summed E-state index contributed by atoms with van der Waals surface area (Å²) in [6.07, 6.45) is 0.600. The monoisotopic (exact) mass is 306 g/mol. The number of carbonyl (C=O) groups excluding carboxylic acids is 3. The number of nitrogens with one attached hydrogen (secondary N) is 3. The highest BCUT2D eigenvalue weighted by atomic mass is 16.5. The minimum Gasteiger partial charge on any atom is -0.452 e. The largest absolute Gasteiger partial charge is 0.452 e. The lowest BCUT2D eigenvalue weighted by atomic mass is 10.1. The van der Waals surface area contributed by atoms with Crippen molar-refractivity contribution in [1.82, 2.24) is 10.9 Å². The second-order valence-electron chi connectivity index (χ2n) is 4.79. The van der Waals surface area contributed by atoms with Crippen LogP contribution in [0.3, 0.4) is 0 Å². The average Bonchev–Trinajstić information content (AvgIpc) is 2.93. The minimum atomic E-state index is -0.775. The van der Waals surface area contributed by atoms with Crippen LogP contribution in [0.2, 0.25) is 0 Å². The fourth-order valence-electron chi connectivity index (χ4n) is 2.27. The molecule has 0 atom stereocenters. The second kappa shape index (κ2) is 6.79. The van der Waals surface area contributed by atoms with Crippen LogP contribution in [-0.4, -0.2) is 31.7 Å². The van der Waals surface area contributed by atoms with Crippen LogP contribution < -0.4 is 21.1 Å². The number of hydrogen-bond donors (Lipinski definition) is 3. The smallest absolute Gasteiger partial charge is 0.425 e. The van der Waals surface area contributed by atoms with Crippen molar-refractivity contribution >= 4 is 29.4 Å². The highest BCUT2D eigenvalue weighted by Gasteiger charge is 2.23. The highest BCUT2D eigenvalue weighted by Crippen LogP contribution is 2.29. The van der Waals surface area contributed by atoms with Crippen molar-refractivity contribution < 1.29 is 19.1 Å². The molecule has 8 nitrogen and oxygen atoms in total. The topological polar surface area (TPSA) is 99.8 Å². The molecule has 1 aliphatic rings. The Morgan fingerprint density at radius 2 is 2.05 bits per heavy atom. The Morgan fingerprint density at radius 3 is 2.68 bits per heavy atom. The summed E-state index contributed by atoms with van der Waals surface area (Å²) in [5.74, 6) is 0.0806. The number of nitrogens with zero attached hydrogens (tertiary/aromatic N) is 1. The Bertz CT molecular complexity index is 603. The molecule has 0 unspecified atom stereocenters. The Labute approximate surface area is 127 Å². The van der Waals surface area contributed by atoms with Crippen LogP contribution in [0.4, 0.5) is 21.0 Å². The number of amides is 4. The molecule has 4 amide bonds. The quantitative estimate of drug-likeness (QED) is 0.721. The molecule has 3 N–H and O–H groups in total. The van der Waals surface area contributed by atoms with E-state index in [2.05, 4.69) is 20.9 Å². The molecule has 0 aliphatic carbocycles. The second-order valence-corrected chi connectivity index (χ2v) is 4.79. The normalized spacial score (nSPS) is 13.7. The predicted molar refractivity (Wildman–Crippen MR) is 80.5 cm³/mol. The molecule has 2 rings (SSSR count). The van der Waals surface area contributed by atoms with Crippen molar-refractivity contribution in [3.8, 4) is 0 Å². The lowest BCUT2D eigenvalue weighted by Gasteiger charge is -2.20. The third-order valence-corrected chi connectivity index (χ3v) is 3.38. The molecule has 118 valence electrons. The van der Waals surface area contributed by atoms with Crippen molar-refractivity contribution in [3.63, 3.8) is 0 Å². The van der Waals surface area contributed by atoms with Crippen LogP contribution in [0.15, 0.2) is 18.2 Å². The Hall–Kier alpha value is -2.77. The summed E-state index contributed by atoms with van der Waals surface area (Å²) in [4.78, 5) is 36.1. The zero-order chi connectivity index (χ0) is 16.1. The van der Waals surface area contributed by atoms with Gasteiger partial charge in [-0.05, 0) is 31.0 Å². The third kappa shape index (κ3) is 3.46. The molecule has 1 heterocycles. The van der Waals surface area contributed by atoms with Gasteiger partial charge >= 0.3 is 12.1 Å². The van der Waals surface area contributed by atoms with E-state index in [-0.39, 0.29) is 5.91 Å². The van der Waals surface area contributed by atoms with E-state index in [1.807, 2.05) is 13.0 Å². The van der Waals surface area contributed by atoms with E-state index in [9.17, 15) is 14.4 Å². The lowest BCUT2D eigenvalue weighted by Crippen LogP contribution is -2.43. The summed E-state index contributed by atoms with van der Waals surface area (Å²) in [7, 11) is 1.19. The Balaban J connectivity index is 2.07. The fraction of sp³-hybridized carbons (Fsp3) is 0.357. The van der Waals surface area contributed by atoms with Gasteiger partial charge in [0.25, 0.3) is 0 Å². The summed E-state index contributed by atoms with van der Waals surface area (Å²) >= 11 is 0. The van der Waals surface area contributed by atoms with Gasteiger partial charge in [-0.25, -0.2) is 20.4 Å². The van der Waals surface area contributed by atoms with E-state index >= 15 is 0 Å². The Kier molecular flexibility index (Phi) is 4.82. The number of urea groups is 1. The van der Waals surface area contributed by atoms with Crippen LogP contribution in [0, 0.1) is 6.92 Å².